The number of aliphatic hydroxyl groups is 2. The number of ketones is 2. The maximum atomic E-state index is 12.1. The summed E-state index contributed by atoms with van der Waals surface area (Å²) in [5, 5.41) is 19.3. The van der Waals surface area contributed by atoms with E-state index in [4.69, 9.17) is 0 Å². The summed E-state index contributed by atoms with van der Waals surface area (Å²) in [6.45, 7) is 0. The van der Waals surface area contributed by atoms with Crippen molar-refractivity contribution in [2.45, 2.75) is 24.8 Å². The maximum Gasteiger partial charge on any atom is 0.450 e. The van der Waals surface area contributed by atoms with Crippen LogP contribution in [0.1, 0.15) is 28.4 Å². The van der Waals surface area contributed by atoms with Gasteiger partial charge in [-0.3, -0.25) is 9.59 Å². The zero-order chi connectivity index (χ0) is 16.2. The van der Waals surface area contributed by atoms with Gasteiger partial charge in [0, 0.05) is 10.9 Å². The molecule has 0 aliphatic heterocycles. The van der Waals surface area contributed by atoms with Crippen LogP contribution in [0, 0.1) is 0 Å². The van der Waals surface area contributed by atoms with Crippen molar-refractivity contribution < 1.29 is 33.0 Å². The lowest BCUT2D eigenvalue weighted by atomic mass is 10.0. The molecule has 0 saturated heterocycles. The average molecular weight is 369 g/mol. The molecule has 116 valence electrons. The first-order valence-corrected chi connectivity index (χ1v) is 6.94. The Bertz CT molecular complexity index is 513. The Balaban J connectivity index is 2.79. The van der Waals surface area contributed by atoms with Crippen molar-refractivity contribution in [3.8, 4) is 0 Å². The summed E-state index contributed by atoms with van der Waals surface area (Å²) < 4.78 is 36.2. The quantitative estimate of drug-likeness (QED) is 0.458. The number of carbonyl (C=O) groups is 2. The Kier molecular flexibility index (Phi) is 6.06. The van der Waals surface area contributed by atoms with Gasteiger partial charge >= 0.3 is 6.18 Å². The first kappa shape index (κ1) is 17.8. The SMILES string of the molecule is O=C(CC(=O)C(F)(F)F)c1ccc(C(O)C(O)CBr)cc1. The zero-order valence-corrected chi connectivity index (χ0v) is 12.2. The van der Waals surface area contributed by atoms with E-state index in [2.05, 4.69) is 15.9 Å². The van der Waals surface area contributed by atoms with Crippen molar-refractivity contribution in [1.29, 1.82) is 0 Å². The lowest BCUT2D eigenvalue weighted by molar-refractivity contribution is -0.170. The summed E-state index contributed by atoms with van der Waals surface area (Å²) in [6.07, 6.45) is -8.54. The number of halogens is 4. The Morgan fingerprint density at radius 2 is 1.67 bits per heavy atom. The fourth-order valence-electron chi connectivity index (χ4n) is 1.52. The van der Waals surface area contributed by atoms with E-state index in [0.717, 1.165) is 0 Å². The lowest BCUT2D eigenvalue weighted by Gasteiger charge is -2.16. The van der Waals surface area contributed by atoms with E-state index in [1.165, 1.54) is 24.3 Å². The molecule has 0 saturated carbocycles. The number of aliphatic hydroxyl groups excluding tert-OH is 2. The molecule has 8 heteroatoms. The second-order valence-electron chi connectivity index (χ2n) is 4.31. The van der Waals surface area contributed by atoms with Crippen LogP contribution in [0.4, 0.5) is 13.2 Å². The van der Waals surface area contributed by atoms with E-state index >= 15 is 0 Å². The molecule has 0 bridgehead atoms. The predicted molar refractivity (Wildman–Crippen MR) is 71.2 cm³/mol. The van der Waals surface area contributed by atoms with Crippen LogP contribution in [0.3, 0.4) is 0 Å². The molecular formula is C13H12BrF3O4. The van der Waals surface area contributed by atoms with Crippen LogP contribution in [0.25, 0.3) is 0 Å². The molecule has 0 spiro atoms. The highest BCUT2D eigenvalue weighted by molar-refractivity contribution is 9.09. The maximum absolute atomic E-state index is 12.1. The predicted octanol–water partition coefficient (Wildman–Crippen LogP) is 2.18. The van der Waals surface area contributed by atoms with Crippen molar-refractivity contribution in [3.05, 3.63) is 35.4 Å². The summed E-state index contributed by atoms with van der Waals surface area (Å²) in [4.78, 5) is 22.3. The molecule has 2 N–H and O–H groups in total. The molecule has 0 aromatic heterocycles. The topological polar surface area (TPSA) is 74.6 Å². The van der Waals surface area contributed by atoms with E-state index in [-0.39, 0.29) is 10.9 Å². The molecule has 0 aliphatic carbocycles. The van der Waals surface area contributed by atoms with Crippen LogP contribution in [0.2, 0.25) is 0 Å². The van der Waals surface area contributed by atoms with Gasteiger partial charge in [0.1, 0.15) is 6.10 Å². The molecule has 0 fully saturated rings. The van der Waals surface area contributed by atoms with Crippen LogP contribution < -0.4 is 0 Å². The standard InChI is InChI=1S/C13H12BrF3O4/c14-6-10(19)12(21)8-3-1-7(2-4-8)9(18)5-11(20)13(15,16)17/h1-4,10,12,19,21H,5-6H2. The molecule has 2 unspecified atom stereocenters. The number of carbonyl (C=O) groups excluding carboxylic acids is 2. The number of Topliss-reactive ketones (excluding diaryl/α,β-unsaturated/α-hetero) is 2. The molecule has 21 heavy (non-hydrogen) atoms. The van der Waals surface area contributed by atoms with Gasteiger partial charge in [0.25, 0.3) is 0 Å². The molecule has 0 aliphatic rings. The van der Waals surface area contributed by atoms with Crippen LogP contribution >= 0.6 is 15.9 Å². The number of hydrogen-bond donors (Lipinski definition) is 2. The van der Waals surface area contributed by atoms with Crippen molar-refractivity contribution in [1.82, 2.24) is 0 Å². The second kappa shape index (κ2) is 7.15. The zero-order valence-electron chi connectivity index (χ0n) is 10.6. The summed E-state index contributed by atoms with van der Waals surface area (Å²) in [5.41, 5.74) is 0.234. The van der Waals surface area contributed by atoms with E-state index in [1.54, 1.807) is 0 Å². The lowest BCUT2D eigenvalue weighted by Crippen LogP contribution is -2.25. The minimum Gasteiger partial charge on any atom is -0.389 e. The van der Waals surface area contributed by atoms with Crippen molar-refractivity contribution in [2.24, 2.45) is 0 Å². The monoisotopic (exact) mass is 368 g/mol. The van der Waals surface area contributed by atoms with E-state index in [0.29, 0.717) is 5.56 Å². The Hall–Kier alpha value is -1.25. The van der Waals surface area contributed by atoms with Crippen LogP contribution in [0.5, 0.6) is 0 Å². The van der Waals surface area contributed by atoms with Gasteiger partial charge in [-0.05, 0) is 5.56 Å². The molecule has 1 rings (SSSR count). The van der Waals surface area contributed by atoms with E-state index in [9.17, 15) is 33.0 Å². The highest BCUT2D eigenvalue weighted by atomic mass is 79.9. The Morgan fingerprint density at radius 1 is 1.14 bits per heavy atom. The minimum absolute atomic E-state index is 0.0723. The Labute approximate surface area is 126 Å². The third kappa shape index (κ3) is 4.90. The number of rotatable bonds is 6. The molecule has 1 aromatic rings. The van der Waals surface area contributed by atoms with Gasteiger partial charge in [0.05, 0.1) is 12.5 Å². The summed E-state index contributed by atoms with van der Waals surface area (Å²) >= 11 is 2.99. The molecule has 0 radical (unpaired) electrons. The summed E-state index contributed by atoms with van der Waals surface area (Å²) in [7, 11) is 0. The third-order valence-electron chi connectivity index (χ3n) is 2.73. The minimum atomic E-state index is -5.04. The van der Waals surface area contributed by atoms with Crippen LogP contribution in [-0.4, -0.2) is 39.4 Å². The Morgan fingerprint density at radius 3 is 2.10 bits per heavy atom. The molecule has 0 amide bonds. The fraction of sp³-hybridized carbons (Fsp3) is 0.385. The highest BCUT2D eigenvalue weighted by Crippen LogP contribution is 2.21. The molecule has 4 nitrogen and oxygen atoms in total. The van der Waals surface area contributed by atoms with Gasteiger partial charge in [-0.15, -0.1) is 0 Å². The number of benzene rings is 1. The van der Waals surface area contributed by atoms with E-state index < -0.39 is 36.4 Å². The van der Waals surface area contributed by atoms with Crippen LogP contribution in [-0.2, 0) is 4.79 Å². The van der Waals surface area contributed by atoms with Crippen molar-refractivity contribution >= 4 is 27.5 Å². The van der Waals surface area contributed by atoms with Gasteiger partial charge in [-0.2, -0.15) is 13.2 Å². The van der Waals surface area contributed by atoms with Crippen molar-refractivity contribution in [2.75, 3.05) is 5.33 Å². The summed E-state index contributed by atoms with van der Waals surface area (Å²) in [5.74, 6) is -3.06. The molecule has 0 heterocycles. The number of hydrogen-bond acceptors (Lipinski definition) is 4. The van der Waals surface area contributed by atoms with Gasteiger partial charge < -0.3 is 10.2 Å². The number of alkyl halides is 4. The van der Waals surface area contributed by atoms with Gasteiger partial charge in [0.15, 0.2) is 5.78 Å². The fourth-order valence-corrected chi connectivity index (χ4v) is 1.87. The normalized spacial score (nSPS) is 14.6. The van der Waals surface area contributed by atoms with E-state index in [1.807, 2.05) is 0 Å². The largest absolute Gasteiger partial charge is 0.450 e. The van der Waals surface area contributed by atoms with Crippen LogP contribution in [0.15, 0.2) is 24.3 Å². The molecule has 1 aromatic carbocycles. The van der Waals surface area contributed by atoms with Crippen molar-refractivity contribution in [3.63, 3.8) is 0 Å². The van der Waals surface area contributed by atoms with Gasteiger partial charge in [-0.1, -0.05) is 40.2 Å². The first-order valence-electron chi connectivity index (χ1n) is 5.82. The van der Waals surface area contributed by atoms with Gasteiger partial charge in [0.2, 0.25) is 5.78 Å². The van der Waals surface area contributed by atoms with Gasteiger partial charge in [-0.25, -0.2) is 0 Å². The third-order valence-corrected chi connectivity index (χ3v) is 3.40. The molecular weight excluding hydrogens is 357 g/mol. The summed E-state index contributed by atoms with van der Waals surface area (Å²) in [6, 6.07) is 5.01. The highest BCUT2D eigenvalue weighted by Gasteiger charge is 2.39. The smallest absolute Gasteiger partial charge is 0.389 e. The second-order valence-corrected chi connectivity index (χ2v) is 4.96. The average Bonchev–Trinajstić information content (AvgIpc) is 2.44. The molecule has 2 atom stereocenters. The first-order chi connectivity index (χ1) is 9.66.